The zero-order valence-electron chi connectivity index (χ0n) is 11.2. The first-order valence-electron chi connectivity index (χ1n) is 6.29. The van der Waals surface area contributed by atoms with E-state index in [0.717, 1.165) is 24.2 Å². The smallest absolute Gasteiger partial charge is 0.258 e. The number of carbonyl (C=O) groups excluding carboxylic acids is 1. The average molecular weight is 336 g/mol. The van der Waals surface area contributed by atoms with Crippen molar-refractivity contribution in [2.24, 2.45) is 0 Å². The highest BCUT2D eigenvalue weighted by Crippen LogP contribution is 2.11. The molecule has 0 atom stereocenters. The first-order chi connectivity index (χ1) is 9.63. The van der Waals surface area contributed by atoms with Crippen LogP contribution in [-0.2, 0) is 12.8 Å². The first-order valence-corrected chi connectivity index (χ1v) is 7.08. The summed E-state index contributed by atoms with van der Waals surface area (Å²) in [5.74, 6) is -0.0711. The van der Waals surface area contributed by atoms with Crippen molar-refractivity contribution < 1.29 is 4.79 Å². The van der Waals surface area contributed by atoms with E-state index in [2.05, 4.69) is 41.4 Å². The summed E-state index contributed by atoms with van der Waals surface area (Å²) in [6.45, 7) is 3.99. The third-order valence-corrected chi connectivity index (χ3v) is 3.16. The van der Waals surface area contributed by atoms with Gasteiger partial charge in [0.15, 0.2) is 0 Å². The number of aromatic nitrogens is 4. The number of rotatable bonds is 4. The summed E-state index contributed by atoms with van der Waals surface area (Å²) in [5.41, 5.74) is 2.19. The van der Waals surface area contributed by atoms with Gasteiger partial charge in [0, 0.05) is 11.8 Å². The van der Waals surface area contributed by atoms with Gasteiger partial charge in [0.25, 0.3) is 5.91 Å². The van der Waals surface area contributed by atoms with Gasteiger partial charge in [-0.25, -0.2) is 9.97 Å². The maximum Gasteiger partial charge on any atom is 0.258 e. The molecule has 2 rings (SSSR count). The van der Waals surface area contributed by atoms with Gasteiger partial charge in [-0.1, -0.05) is 13.8 Å². The van der Waals surface area contributed by atoms with Gasteiger partial charge in [-0.15, -0.1) is 10.2 Å². The maximum atomic E-state index is 12.1. The molecule has 2 aromatic rings. The molecule has 0 aliphatic heterocycles. The van der Waals surface area contributed by atoms with Crippen molar-refractivity contribution in [1.82, 2.24) is 20.2 Å². The van der Waals surface area contributed by atoms with Crippen molar-refractivity contribution in [2.45, 2.75) is 26.7 Å². The lowest BCUT2D eigenvalue weighted by molar-refractivity contribution is 0.102. The third kappa shape index (κ3) is 3.36. The quantitative estimate of drug-likeness (QED) is 0.867. The average Bonchev–Trinajstić information content (AvgIpc) is 2.47. The number of aryl methyl sites for hydroxylation is 2. The number of anilines is 1. The van der Waals surface area contributed by atoms with E-state index in [9.17, 15) is 4.79 Å². The van der Waals surface area contributed by atoms with Crippen molar-refractivity contribution >= 4 is 27.8 Å². The Kier molecular flexibility index (Phi) is 4.73. The molecule has 0 aliphatic rings. The fourth-order valence-electron chi connectivity index (χ4n) is 1.71. The lowest BCUT2D eigenvalue weighted by atomic mass is 10.2. The first kappa shape index (κ1) is 14.5. The van der Waals surface area contributed by atoms with Gasteiger partial charge < -0.3 is 0 Å². The molecule has 7 heteroatoms. The molecule has 1 amide bonds. The van der Waals surface area contributed by atoms with Crippen LogP contribution in [0.4, 0.5) is 5.95 Å². The van der Waals surface area contributed by atoms with Gasteiger partial charge in [-0.3, -0.25) is 10.1 Å². The normalized spacial score (nSPS) is 10.3. The summed E-state index contributed by atoms with van der Waals surface area (Å²) < 4.78 is 0.597. The maximum absolute atomic E-state index is 12.1. The molecular formula is C13H14BrN5O. The minimum atomic E-state index is -0.291. The monoisotopic (exact) mass is 335 g/mol. The van der Waals surface area contributed by atoms with E-state index in [0.29, 0.717) is 10.2 Å². The molecule has 20 heavy (non-hydrogen) atoms. The van der Waals surface area contributed by atoms with Crippen molar-refractivity contribution in [3.63, 3.8) is 0 Å². The molecular weight excluding hydrogens is 322 g/mol. The Morgan fingerprint density at radius 2 is 2.00 bits per heavy atom. The van der Waals surface area contributed by atoms with E-state index in [1.54, 1.807) is 18.3 Å². The summed E-state index contributed by atoms with van der Waals surface area (Å²) in [7, 11) is 0. The topological polar surface area (TPSA) is 80.7 Å². The molecule has 1 N–H and O–H groups in total. The molecule has 0 bridgehead atoms. The van der Waals surface area contributed by atoms with Crippen LogP contribution in [0.25, 0.3) is 0 Å². The summed E-state index contributed by atoms with van der Waals surface area (Å²) in [6.07, 6.45) is 3.08. The molecule has 0 radical (unpaired) electrons. The Morgan fingerprint density at radius 3 is 2.65 bits per heavy atom. The zero-order valence-corrected chi connectivity index (χ0v) is 12.8. The summed E-state index contributed by atoms with van der Waals surface area (Å²) in [5, 5.41) is 10.6. The van der Waals surface area contributed by atoms with E-state index in [1.807, 2.05) is 13.8 Å². The Hall–Kier alpha value is -1.89. The van der Waals surface area contributed by atoms with Crippen molar-refractivity contribution in [3.8, 4) is 0 Å². The molecule has 104 valence electrons. The number of pyridine rings is 1. The van der Waals surface area contributed by atoms with Crippen LogP contribution in [0.1, 0.15) is 35.6 Å². The Morgan fingerprint density at radius 1 is 1.25 bits per heavy atom. The van der Waals surface area contributed by atoms with Crippen LogP contribution in [0, 0.1) is 0 Å². The molecule has 0 unspecified atom stereocenters. The van der Waals surface area contributed by atoms with Gasteiger partial charge in [-0.2, -0.15) is 0 Å². The Balaban J connectivity index is 2.19. The van der Waals surface area contributed by atoms with Crippen LogP contribution in [0.3, 0.4) is 0 Å². The van der Waals surface area contributed by atoms with Gasteiger partial charge in [-0.05, 0) is 40.9 Å². The number of hydrogen-bond acceptors (Lipinski definition) is 5. The summed E-state index contributed by atoms with van der Waals surface area (Å²) >= 11 is 3.22. The molecule has 0 fully saturated rings. The lowest BCUT2D eigenvalue weighted by Crippen LogP contribution is -2.16. The van der Waals surface area contributed by atoms with E-state index in [4.69, 9.17) is 0 Å². The highest BCUT2D eigenvalue weighted by molar-refractivity contribution is 9.10. The van der Waals surface area contributed by atoms with E-state index in [1.165, 1.54) is 0 Å². The number of hydrogen-bond donors (Lipinski definition) is 1. The van der Waals surface area contributed by atoms with Crippen molar-refractivity contribution in [3.05, 3.63) is 39.9 Å². The van der Waals surface area contributed by atoms with E-state index in [-0.39, 0.29) is 11.9 Å². The molecule has 0 aliphatic carbocycles. The highest BCUT2D eigenvalue weighted by Gasteiger charge is 2.11. The van der Waals surface area contributed by atoms with Crippen molar-refractivity contribution in [2.75, 3.05) is 5.32 Å². The zero-order chi connectivity index (χ0) is 14.5. The van der Waals surface area contributed by atoms with E-state index >= 15 is 0 Å². The van der Waals surface area contributed by atoms with Gasteiger partial charge >= 0.3 is 0 Å². The standard InChI is InChI=1S/C13H14BrN5O/c1-3-9-10(4-2)18-19-13(16-9)17-12(20)8-5-6-15-11(14)7-8/h5-7H,3-4H2,1-2H3,(H,16,17,19,20). The SMILES string of the molecule is CCc1nnc(NC(=O)c2ccnc(Br)c2)nc1CC. The lowest BCUT2D eigenvalue weighted by Gasteiger charge is -2.07. The largest absolute Gasteiger partial charge is 0.289 e. The van der Waals surface area contributed by atoms with Crippen LogP contribution in [0.15, 0.2) is 22.9 Å². The number of carbonyl (C=O) groups is 1. The minimum absolute atomic E-state index is 0.219. The third-order valence-electron chi connectivity index (χ3n) is 2.72. The Bertz CT molecular complexity index is 632. The second-order valence-electron chi connectivity index (χ2n) is 4.06. The van der Waals surface area contributed by atoms with Gasteiger partial charge in [0.2, 0.25) is 5.95 Å². The van der Waals surface area contributed by atoms with E-state index < -0.39 is 0 Å². The van der Waals surface area contributed by atoms with Crippen LogP contribution >= 0.6 is 15.9 Å². The molecule has 0 aromatic carbocycles. The number of nitrogens with zero attached hydrogens (tertiary/aromatic N) is 4. The molecule has 0 saturated carbocycles. The second-order valence-corrected chi connectivity index (χ2v) is 4.87. The summed E-state index contributed by atoms with van der Waals surface area (Å²) in [4.78, 5) is 20.3. The van der Waals surface area contributed by atoms with Gasteiger partial charge in [0.1, 0.15) is 4.60 Å². The second kappa shape index (κ2) is 6.51. The van der Waals surface area contributed by atoms with Crippen LogP contribution < -0.4 is 5.32 Å². The minimum Gasteiger partial charge on any atom is -0.289 e. The van der Waals surface area contributed by atoms with Gasteiger partial charge in [0.05, 0.1) is 11.4 Å². The predicted octanol–water partition coefficient (Wildman–Crippen LogP) is 2.41. The fraction of sp³-hybridized carbons (Fsp3) is 0.308. The number of nitrogens with one attached hydrogen (secondary N) is 1. The van der Waals surface area contributed by atoms with Crippen LogP contribution in [-0.4, -0.2) is 26.1 Å². The molecule has 2 heterocycles. The van der Waals surface area contributed by atoms with Crippen LogP contribution in [0.5, 0.6) is 0 Å². The predicted molar refractivity (Wildman–Crippen MR) is 78.5 cm³/mol. The summed E-state index contributed by atoms with van der Waals surface area (Å²) in [6, 6.07) is 3.25. The fourth-order valence-corrected chi connectivity index (χ4v) is 2.07. The van der Waals surface area contributed by atoms with Crippen molar-refractivity contribution in [1.29, 1.82) is 0 Å². The number of halogens is 1. The Labute approximate surface area is 125 Å². The van der Waals surface area contributed by atoms with Crippen LogP contribution in [0.2, 0.25) is 0 Å². The molecule has 6 nitrogen and oxygen atoms in total. The highest BCUT2D eigenvalue weighted by atomic mass is 79.9. The molecule has 2 aromatic heterocycles. The molecule has 0 spiro atoms. The number of amides is 1. The molecule has 0 saturated heterocycles.